The van der Waals surface area contributed by atoms with Crippen LogP contribution in [0.3, 0.4) is 0 Å². The zero-order valence-corrected chi connectivity index (χ0v) is 23.1. The highest BCUT2D eigenvalue weighted by Crippen LogP contribution is 2.36. The molecule has 2 atom stereocenters. The number of nitrogens with zero attached hydrogens (tertiary/aromatic N) is 5. The SMILES string of the molecule is CC(=O)N1N=C(c2cc(C3=NN(C(C)=O)C(c4ccc(Cl)cc4)C3)c(C)nc2C)CC1c1ccc(Cl)cc1. The summed E-state index contributed by atoms with van der Waals surface area (Å²) in [4.78, 5) is 29.8. The Hall–Kier alpha value is -3.55. The van der Waals surface area contributed by atoms with Crippen LogP contribution in [0, 0.1) is 13.8 Å². The zero-order valence-electron chi connectivity index (χ0n) is 21.6. The van der Waals surface area contributed by atoms with Crippen molar-refractivity contribution in [2.45, 2.75) is 52.6 Å². The number of carbonyl (C=O) groups is 2. The maximum atomic E-state index is 12.5. The molecule has 0 bridgehead atoms. The van der Waals surface area contributed by atoms with Gasteiger partial charge in [-0.2, -0.15) is 10.2 Å². The summed E-state index contributed by atoms with van der Waals surface area (Å²) in [6.45, 7) is 6.91. The zero-order chi connectivity index (χ0) is 27.1. The standard InChI is InChI=1S/C29H27Cl2N5O2/c1-16-24(26-14-28(35(33-26)18(3)37)20-5-9-22(30)10-6-20)13-25(17(2)32-16)27-15-29(36(34-27)19(4)38)21-7-11-23(31)12-8-21/h5-13,28-29H,14-15H2,1-4H3. The predicted molar refractivity (Wildman–Crippen MR) is 149 cm³/mol. The molecule has 194 valence electrons. The number of amides is 2. The van der Waals surface area contributed by atoms with Gasteiger partial charge in [-0.25, -0.2) is 10.0 Å². The minimum Gasteiger partial charge on any atom is -0.273 e. The summed E-state index contributed by atoms with van der Waals surface area (Å²) in [7, 11) is 0. The van der Waals surface area contributed by atoms with E-state index in [0.29, 0.717) is 22.9 Å². The molecule has 5 rings (SSSR count). The molecule has 3 heterocycles. The van der Waals surface area contributed by atoms with Crippen LogP contribution in [0.4, 0.5) is 0 Å². The first-order chi connectivity index (χ1) is 18.1. The van der Waals surface area contributed by atoms with Gasteiger partial charge in [0.25, 0.3) is 0 Å². The minimum atomic E-state index is -0.227. The van der Waals surface area contributed by atoms with Gasteiger partial charge in [0, 0.05) is 59.2 Å². The molecule has 0 radical (unpaired) electrons. The van der Waals surface area contributed by atoms with Crippen molar-refractivity contribution < 1.29 is 9.59 Å². The van der Waals surface area contributed by atoms with E-state index in [9.17, 15) is 9.59 Å². The molecule has 1 aromatic heterocycles. The third-order valence-corrected chi connectivity index (χ3v) is 7.50. The molecular formula is C29H27Cl2N5O2. The van der Waals surface area contributed by atoms with Gasteiger partial charge < -0.3 is 0 Å². The molecule has 9 heteroatoms. The third-order valence-electron chi connectivity index (χ3n) is 7.00. The second kappa shape index (κ2) is 10.3. The van der Waals surface area contributed by atoms with Crippen molar-refractivity contribution in [1.82, 2.24) is 15.0 Å². The number of hydrazone groups is 2. The van der Waals surface area contributed by atoms with Crippen molar-refractivity contribution in [3.05, 3.63) is 98.3 Å². The van der Waals surface area contributed by atoms with E-state index in [1.54, 1.807) is 0 Å². The molecule has 2 aromatic carbocycles. The molecule has 0 saturated heterocycles. The van der Waals surface area contributed by atoms with Gasteiger partial charge in [-0.3, -0.25) is 14.6 Å². The largest absolute Gasteiger partial charge is 0.273 e. The lowest BCUT2D eigenvalue weighted by Gasteiger charge is -2.20. The van der Waals surface area contributed by atoms with E-state index in [4.69, 9.17) is 38.4 Å². The number of hydrogen-bond acceptors (Lipinski definition) is 5. The Morgan fingerprint density at radius 3 is 1.42 bits per heavy atom. The van der Waals surface area contributed by atoms with Gasteiger partial charge >= 0.3 is 0 Å². The first kappa shape index (κ1) is 26.1. The summed E-state index contributed by atoms with van der Waals surface area (Å²) >= 11 is 12.2. The first-order valence-corrected chi connectivity index (χ1v) is 13.1. The molecule has 0 saturated carbocycles. The van der Waals surface area contributed by atoms with Crippen LogP contribution >= 0.6 is 23.2 Å². The number of hydrogen-bond donors (Lipinski definition) is 0. The van der Waals surface area contributed by atoms with Gasteiger partial charge in [0.1, 0.15) is 0 Å². The van der Waals surface area contributed by atoms with E-state index < -0.39 is 0 Å². The number of benzene rings is 2. The molecule has 0 N–H and O–H groups in total. The second-order valence-electron chi connectivity index (χ2n) is 9.62. The van der Waals surface area contributed by atoms with Crippen molar-refractivity contribution in [1.29, 1.82) is 0 Å². The molecule has 0 aliphatic carbocycles. The van der Waals surface area contributed by atoms with Crippen LogP contribution in [-0.4, -0.2) is 38.2 Å². The Labute approximate surface area is 231 Å². The Bertz CT molecular complexity index is 1370. The molecule has 0 fully saturated rings. The first-order valence-electron chi connectivity index (χ1n) is 12.4. The topological polar surface area (TPSA) is 78.2 Å². The average Bonchev–Trinajstić information content (AvgIpc) is 3.51. The smallest absolute Gasteiger partial charge is 0.240 e. The van der Waals surface area contributed by atoms with Gasteiger partial charge in [-0.05, 0) is 55.3 Å². The van der Waals surface area contributed by atoms with Crippen molar-refractivity contribution in [3.63, 3.8) is 0 Å². The van der Waals surface area contributed by atoms with Crippen LogP contribution in [0.1, 0.15) is 72.4 Å². The molecule has 2 aliphatic rings. The quantitative estimate of drug-likeness (QED) is 0.379. The summed E-state index contributed by atoms with van der Waals surface area (Å²) in [6, 6.07) is 16.6. The van der Waals surface area contributed by atoms with Crippen LogP contribution in [-0.2, 0) is 9.59 Å². The van der Waals surface area contributed by atoms with Crippen molar-refractivity contribution in [2.24, 2.45) is 10.2 Å². The van der Waals surface area contributed by atoms with E-state index in [-0.39, 0.29) is 23.9 Å². The van der Waals surface area contributed by atoms with Crippen LogP contribution in [0.5, 0.6) is 0 Å². The highest BCUT2D eigenvalue weighted by Gasteiger charge is 2.35. The number of rotatable bonds is 4. The number of aromatic nitrogens is 1. The van der Waals surface area contributed by atoms with E-state index >= 15 is 0 Å². The number of pyridine rings is 1. The maximum absolute atomic E-state index is 12.5. The van der Waals surface area contributed by atoms with E-state index in [1.165, 1.54) is 23.9 Å². The highest BCUT2D eigenvalue weighted by atomic mass is 35.5. The highest BCUT2D eigenvalue weighted by molar-refractivity contribution is 6.30. The molecule has 0 spiro atoms. The van der Waals surface area contributed by atoms with Gasteiger partial charge in [0.05, 0.1) is 23.5 Å². The van der Waals surface area contributed by atoms with Gasteiger partial charge in [-0.15, -0.1) is 0 Å². The number of halogens is 2. The number of carbonyl (C=O) groups excluding carboxylic acids is 2. The molecule has 7 nitrogen and oxygen atoms in total. The van der Waals surface area contributed by atoms with Crippen molar-refractivity contribution in [3.8, 4) is 0 Å². The molecule has 2 aliphatic heterocycles. The van der Waals surface area contributed by atoms with Crippen LogP contribution < -0.4 is 0 Å². The average molecular weight is 548 g/mol. The van der Waals surface area contributed by atoms with Crippen molar-refractivity contribution in [2.75, 3.05) is 0 Å². The van der Waals surface area contributed by atoms with Gasteiger partial charge in [0.15, 0.2) is 0 Å². The van der Waals surface area contributed by atoms with Crippen LogP contribution in [0.25, 0.3) is 0 Å². The normalized spacial score (nSPS) is 19.0. The molecular weight excluding hydrogens is 521 g/mol. The van der Waals surface area contributed by atoms with Crippen LogP contribution in [0.2, 0.25) is 10.0 Å². The third kappa shape index (κ3) is 4.96. The summed E-state index contributed by atoms with van der Waals surface area (Å²) in [5.41, 5.74) is 6.85. The molecule has 2 unspecified atom stereocenters. The summed E-state index contributed by atoms with van der Waals surface area (Å²) < 4.78 is 0. The lowest BCUT2D eigenvalue weighted by atomic mass is 9.93. The van der Waals surface area contributed by atoms with E-state index in [0.717, 1.165) is 45.1 Å². The minimum absolute atomic E-state index is 0.138. The fourth-order valence-electron chi connectivity index (χ4n) is 5.13. The van der Waals surface area contributed by atoms with Crippen LogP contribution in [0.15, 0.2) is 64.8 Å². The van der Waals surface area contributed by atoms with E-state index in [2.05, 4.69) is 0 Å². The monoisotopic (exact) mass is 547 g/mol. The summed E-state index contributed by atoms with van der Waals surface area (Å²) in [5.74, 6) is -0.276. The van der Waals surface area contributed by atoms with Crippen molar-refractivity contribution >= 4 is 46.4 Å². The summed E-state index contributed by atoms with van der Waals surface area (Å²) in [5, 5.41) is 13.8. The van der Waals surface area contributed by atoms with E-state index in [1.807, 2.05) is 68.4 Å². The fourth-order valence-corrected chi connectivity index (χ4v) is 5.38. The molecule has 2 amide bonds. The lowest BCUT2D eigenvalue weighted by Crippen LogP contribution is -2.24. The summed E-state index contributed by atoms with van der Waals surface area (Å²) in [6.07, 6.45) is 1.09. The second-order valence-corrected chi connectivity index (χ2v) is 10.5. The maximum Gasteiger partial charge on any atom is 0.240 e. The van der Waals surface area contributed by atoms with Gasteiger partial charge in [0.2, 0.25) is 11.8 Å². The number of aryl methyl sites for hydroxylation is 2. The molecule has 3 aromatic rings. The fraction of sp³-hybridized carbons (Fsp3) is 0.276. The Kier molecular flexibility index (Phi) is 7.07. The Morgan fingerprint density at radius 2 is 1.08 bits per heavy atom. The Balaban J connectivity index is 1.50. The lowest BCUT2D eigenvalue weighted by molar-refractivity contribution is -0.131. The molecule has 38 heavy (non-hydrogen) atoms. The Morgan fingerprint density at radius 1 is 0.711 bits per heavy atom. The predicted octanol–water partition coefficient (Wildman–Crippen LogP) is 6.40. The van der Waals surface area contributed by atoms with Gasteiger partial charge in [-0.1, -0.05) is 47.5 Å².